The van der Waals surface area contributed by atoms with E-state index >= 15 is 0 Å². The molecule has 2 aliphatic rings. The van der Waals surface area contributed by atoms with E-state index in [1.807, 2.05) is 29.4 Å². The summed E-state index contributed by atoms with van der Waals surface area (Å²) in [5.74, 6) is 0.0450. The molecule has 2 fully saturated rings. The Hall–Kier alpha value is -1.50. The van der Waals surface area contributed by atoms with Gasteiger partial charge in [-0.2, -0.15) is 0 Å². The number of aromatic nitrogens is 1. The number of ether oxygens (including phenoxy) is 1. The summed E-state index contributed by atoms with van der Waals surface area (Å²) in [6.45, 7) is 5.08. The predicted octanol–water partition coefficient (Wildman–Crippen LogP) is -0.156. The lowest BCUT2D eigenvalue weighted by Gasteiger charge is -2.38. The first kappa shape index (κ1) is 14.4. The molecular formula is C15H22N4O2. The van der Waals surface area contributed by atoms with Crippen LogP contribution in [-0.4, -0.2) is 65.6 Å². The Morgan fingerprint density at radius 1 is 1.29 bits per heavy atom. The van der Waals surface area contributed by atoms with Crippen molar-refractivity contribution < 1.29 is 9.53 Å². The minimum absolute atomic E-state index is 0.0450. The predicted molar refractivity (Wildman–Crippen MR) is 78.4 cm³/mol. The molecule has 0 aromatic carbocycles. The average Bonchev–Trinajstić information content (AvgIpc) is 2.96. The van der Waals surface area contributed by atoms with Crippen molar-refractivity contribution in [1.29, 1.82) is 0 Å². The summed E-state index contributed by atoms with van der Waals surface area (Å²) in [6, 6.07) is 4.06. The highest BCUT2D eigenvalue weighted by molar-refractivity contribution is 5.86. The van der Waals surface area contributed by atoms with Crippen LogP contribution in [0.25, 0.3) is 0 Å². The van der Waals surface area contributed by atoms with Crippen LogP contribution in [0.5, 0.6) is 0 Å². The molecule has 114 valence electrons. The number of carbonyl (C=O) groups is 1. The second-order valence-corrected chi connectivity index (χ2v) is 5.88. The van der Waals surface area contributed by atoms with Gasteiger partial charge in [0.2, 0.25) is 5.91 Å². The molecular weight excluding hydrogens is 268 g/mol. The van der Waals surface area contributed by atoms with E-state index in [2.05, 4.69) is 9.88 Å². The maximum Gasteiger partial charge on any atom is 0.245 e. The summed E-state index contributed by atoms with van der Waals surface area (Å²) in [6.07, 6.45) is 4.25. The van der Waals surface area contributed by atoms with Crippen molar-refractivity contribution in [1.82, 2.24) is 14.8 Å². The normalized spacial score (nSPS) is 27.0. The summed E-state index contributed by atoms with van der Waals surface area (Å²) in [5, 5.41) is 0. The molecule has 3 rings (SSSR count). The van der Waals surface area contributed by atoms with Crippen LogP contribution in [-0.2, 0) is 16.1 Å². The van der Waals surface area contributed by atoms with Gasteiger partial charge in [0.1, 0.15) is 5.54 Å². The maximum atomic E-state index is 12.5. The van der Waals surface area contributed by atoms with Crippen molar-refractivity contribution in [3.05, 3.63) is 30.1 Å². The molecule has 0 aliphatic carbocycles. The Labute approximate surface area is 124 Å². The number of amides is 1. The highest BCUT2D eigenvalue weighted by Gasteiger charge is 2.41. The van der Waals surface area contributed by atoms with E-state index in [0.29, 0.717) is 19.6 Å². The lowest BCUT2D eigenvalue weighted by atomic mass is 9.98. The monoisotopic (exact) mass is 290 g/mol. The van der Waals surface area contributed by atoms with Crippen molar-refractivity contribution in [2.24, 2.45) is 5.73 Å². The fraction of sp³-hybridized carbons (Fsp3) is 0.600. The number of hydrogen-bond donors (Lipinski definition) is 1. The molecule has 3 heterocycles. The molecule has 1 atom stereocenters. The van der Waals surface area contributed by atoms with Gasteiger partial charge in [-0.3, -0.25) is 14.7 Å². The van der Waals surface area contributed by atoms with Gasteiger partial charge in [-0.25, -0.2) is 0 Å². The Morgan fingerprint density at radius 3 is 2.62 bits per heavy atom. The highest BCUT2D eigenvalue weighted by Crippen LogP contribution is 2.19. The third-order valence-electron chi connectivity index (χ3n) is 4.29. The summed E-state index contributed by atoms with van der Waals surface area (Å²) in [4.78, 5) is 20.8. The lowest BCUT2D eigenvalue weighted by Crippen LogP contribution is -2.59. The van der Waals surface area contributed by atoms with Gasteiger partial charge in [0, 0.05) is 51.7 Å². The van der Waals surface area contributed by atoms with Crippen LogP contribution < -0.4 is 5.73 Å². The summed E-state index contributed by atoms with van der Waals surface area (Å²) in [5.41, 5.74) is 6.61. The molecule has 0 spiro atoms. The first-order valence-corrected chi connectivity index (χ1v) is 7.45. The number of rotatable bonds is 3. The van der Waals surface area contributed by atoms with Gasteiger partial charge in [0.05, 0.1) is 6.61 Å². The van der Waals surface area contributed by atoms with E-state index in [0.717, 1.165) is 32.7 Å². The fourth-order valence-electron chi connectivity index (χ4n) is 2.92. The number of nitrogens with zero attached hydrogens (tertiary/aromatic N) is 3. The molecule has 0 bridgehead atoms. The molecule has 1 aromatic rings. The van der Waals surface area contributed by atoms with Gasteiger partial charge in [-0.1, -0.05) is 0 Å². The molecule has 6 heteroatoms. The van der Waals surface area contributed by atoms with Crippen molar-refractivity contribution in [3.8, 4) is 0 Å². The van der Waals surface area contributed by atoms with Crippen LogP contribution in [0.3, 0.4) is 0 Å². The third-order valence-corrected chi connectivity index (χ3v) is 4.29. The second kappa shape index (κ2) is 6.09. The minimum atomic E-state index is -0.798. The van der Waals surface area contributed by atoms with Crippen LogP contribution in [0.4, 0.5) is 0 Å². The Morgan fingerprint density at radius 2 is 2.00 bits per heavy atom. The minimum Gasteiger partial charge on any atom is -0.379 e. The fourth-order valence-corrected chi connectivity index (χ4v) is 2.92. The van der Waals surface area contributed by atoms with Crippen LogP contribution >= 0.6 is 0 Å². The number of nitrogens with two attached hydrogens (primary N) is 1. The molecule has 0 radical (unpaired) electrons. The molecule has 6 nitrogen and oxygen atoms in total. The van der Waals surface area contributed by atoms with Crippen LogP contribution in [0.1, 0.15) is 12.0 Å². The zero-order chi connectivity index (χ0) is 14.7. The van der Waals surface area contributed by atoms with Crippen LogP contribution in [0.15, 0.2) is 24.5 Å². The van der Waals surface area contributed by atoms with Crippen LogP contribution in [0, 0.1) is 0 Å². The van der Waals surface area contributed by atoms with Gasteiger partial charge in [-0.05, 0) is 24.1 Å². The smallest absolute Gasteiger partial charge is 0.245 e. The third kappa shape index (κ3) is 3.23. The summed E-state index contributed by atoms with van der Waals surface area (Å²) >= 11 is 0. The van der Waals surface area contributed by atoms with Crippen molar-refractivity contribution >= 4 is 5.91 Å². The molecule has 1 amide bonds. The average molecular weight is 290 g/mol. The molecule has 21 heavy (non-hydrogen) atoms. The molecule has 2 aliphatic heterocycles. The highest BCUT2D eigenvalue weighted by atomic mass is 16.5. The van der Waals surface area contributed by atoms with Crippen molar-refractivity contribution in [2.45, 2.75) is 18.5 Å². The van der Waals surface area contributed by atoms with Gasteiger partial charge >= 0.3 is 0 Å². The van der Waals surface area contributed by atoms with Gasteiger partial charge < -0.3 is 15.4 Å². The first-order valence-electron chi connectivity index (χ1n) is 7.45. The molecule has 2 saturated heterocycles. The SMILES string of the molecule is NC1(C(=O)N2CCN(Cc3ccncc3)CC2)CCOC1. The standard InChI is InChI=1S/C15H22N4O2/c16-15(3-10-21-12-15)14(20)19-8-6-18(7-9-19)11-13-1-4-17-5-2-13/h1-2,4-5H,3,6-12,16H2. The van der Waals surface area contributed by atoms with E-state index < -0.39 is 5.54 Å². The van der Waals surface area contributed by atoms with E-state index in [4.69, 9.17) is 10.5 Å². The summed E-state index contributed by atoms with van der Waals surface area (Å²) < 4.78 is 5.28. The molecule has 1 unspecified atom stereocenters. The van der Waals surface area contributed by atoms with Crippen molar-refractivity contribution in [3.63, 3.8) is 0 Å². The largest absolute Gasteiger partial charge is 0.379 e. The number of hydrogen-bond acceptors (Lipinski definition) is 5. The van der Waals surface area contributed by atoms with Crippen molar-refractivity contribution in [2.75, 3.05) is 39.4 Å². The van der Waals surface area contributed by atoms with Gasteiger partial charge in [0.25, 0.3) is 0 Å². The zero-order valence-electron chi connectivity index (χ0n) is 12.2. The first-order chi connectivity index (χ1) is 10.2. The van der Waals surface area contributed by atoms with E-state index in [-0.39, 0.29) is 5.91 Å². The molecule has 2 N–H and O–H groups in total. The van der Waals surface area contributed by atoms with E-state index in [1.165, 1.54) is 5.56 Å². The van der Waals surface area contributed by atoms with Gasteiger partial charge in [-0.15, -0.1) is 0 Å². The second-order valence-electron chi connectivity index (χ2n) is 5.88. The Kier molecular flexibility index (Phi) is 4.19. The van der Waals surface area contributed by atoms with E-state index in [1.54, 1.807) is 0 Å². The Balaban J connectivity index is 1.52. The van der Waals surface area contributed by atoms with E-state index in [9.17, 15) is 4.79 Å². The Bertz CT molecular complexity index is 480. The zero-order valence-corrected chi connectivity index (χ0v) is 12.2. The van der Waals surface area contributed by atoms with Gasteiger partial charge in [0.15, 0.2) is 0 Å². The topological polar surface area (TPSA) is 71.7 Å². The lowest BCUT2D eigenvalue weighted by molar-refractivity contribution is -0.138. The van der Waals surface area contributed by atoms with Crippen LogP contribution in [0.2, 0.25) is 0 Å². The maximum absolute atomic E-state index is 12.5. The summed E-state index contributed by atoms with van der Waals surface area (Å²) in [7, 11) is 0. The quantitative estimate of drug-likeness (QED) is 0.838. The molecule has 1 aromatic heterocycles. The number of pyridine rings is 1. The number of piperazine rings is 1. The molecule has 0 saturated carbocycles. The number of carbonyl (C=O) groups excluding carboxylic acids is 1.